The van der Waals surface area contributed by atoms with Crippen LogP contribution in [0, 0.1) is 6.92 Å². The normalized spacial score (nSPS) is 11.9. The van der Waals surface area contributed by atoms with Crippen LogP contribution in [-0.2, 0) is 0 Å². The van der Waals surface area contributed by atoms with Gasteiger partial charge < -0.3 is 11.1 Å². The van der Waals surface area contributed by atoms with Crippen LogP contribution in [0.25, 0.3) is 17.1 Å². The first kappa shape index (κ1) is 18.4. The van der Waals surface area contributed by atoms with E-state index in [0.717, 1.165) is 11.5 Å². The molecule has 3 N–H and O–H groups in total. The molecule has 0 aliphatic heterocycles. The Hall–Kier alpha value is -3.42. The van der Waals surface area contributed by atoms with Crippen LogP contribution in [0.15, 0.2) is 48.5 Å². The topological polar surface area (TPSA) is 80.9 Å². The molecule has 3 rings (SSSR count). The Labute approximate surface area is 152 Å². The average Bonchev–Trinajstić information content (AvgIpc) is 2.59. The third-order valence-corrected chi connectivity index (χ3v) is 3.78. The number of nitrogens with one attached hydrogen (secondary N) is 1. The number of aromatic nitrogens is 2. The van der Waals surface area contributed by atoms with Gasteiger partial charge in [0.2, 0.25) is 0 Å². The molecule has 0 aliphatic carbocycles. The van der Waals surface area contributed by atoms with Crippen LogP contribution >= 0.6 is 0 Å². The van der Waals surface area contributed by atoms with Crippen molar-refractivity contribution in [3.8, 4) is 0 Å². The number of carbonyl (C=O) groups excluding carboxylic acids is 1. The fraction of sp³-hybridized carbons (Fsp3) is 0.105. The molecule has 3 aromatic rings. The predicted molar refractivity (Wildman–Crippen MR) is 98.2 cm³/mol. The van der Waals surface area contributed by atoms with Crippen LogP contribution in [0.5, 0.6) is 0 Å². The quantitative estimate of drug-likeness (QED) is 0.716. The van der Waals surface area contributed by atoms with E-state index in [9.17, 15) is 18.0 Å². The Morgan fingerprint density at radius 3 is 2.56 bits per heavy atom. The number of alkyl halides is 3. The second kappa shape index (κ2) is 7.06. The molecule has 0 unspecified atom stereocenters. The number of benzene rings is 1. The Morgan fingerprint density at radius 2 is 1.85 bits per heavy atom. The van der Waals surface area contributed by atoms with E-state index in [4.69, 9.17) is 5.73 Å². The molecule has 1 aromatic carbocycles. The molecule has 1 amide bonds. The summed E-state index contributed by atoms with van der Waals surface area (Å²) in [6.07, 6.45) is -3.28. The van der Waals surface area contributed by atoms with Crippen molar-refractivity contribution in [2.45, 2.75) is 13.1 Å². The van der Waals surface area contributed by atoms with Crippen LogP contribution in [0.2, 0.25) is 0 Å². The minimum atomic E-state index is -4.39. The summed E-state index contributed by atoms with van der Waals surface area (Å²) in [5.41, 5.74) is 7.27. The van der Waals surface area contributed by atoms with Crippen LogP contribution in [0.3, 0.4) is 0 Å². The highest BCUT2D eigenvalue weighted by Crippen LogP contribution is 2.20. The molecule has 2 aromatic heterocycles. The molecular formula is C19H15F3N4O. The molecule has 0 saturated carbocycles. The van der Waals surface area contributed by atoms with Gasteiger partial charge >= 0.3 is 6.18 Å². The number of anilines is 2. The second-order valence-corrected chi connectivity index (χ2v) is 5.88. The lowest BCUT2D eigenvalue weighted by molar-refractivity contribution is -0.0790. The maximum absolute atomic E-state index is 12.5. The Bertz CT molecular complexity index is 1040. The number of nitrogen functional groups attached to an aromatic ring is 1. The lowest BCUT2D eigenvalue weighted by Gasteiger charge is -2.09. The van der Waals surface area contributed by atoms with Crippen molar-refractivity contribution in [2.75, 3.05) is 11.1 Å². The fourth-order valence-corrected chi connectivity index (χ4v) is 2.50. The summed E-state index contributed by atoms with van der Waals surface area (Å²) in [4.78, 5) is 20.8. The zero-order valence-corrected chi connectivity index (χ0v) is 14.2. The first-order valence-corrected chi connectivity index (χ1v) is 7.92. The van der Waals surface area contributed by atoms with Crippen molar-refractivity contribution < 1.29 is 18.0 Å². The molecule has 0 atom stereocenters. The van der Waals surface area contributed by atoms with E-state index in [1.54, 1.807) is 31.2 Å². The van der Waals surface area contributed by atoms with Crippen LogP contribution < -0.4 is 11.1 Å². The fourth-order valence-electron chi connectivity index (χ4n) is 2.50. The first-order chi connectivity index (χ1) is 12.7. The van der Waals surface area contributed by atoms with Crippen molar-refractivity contribution >= 4 is 34.7 Å². The largest absolute Gasteiger partial charge is 0.409 e. The van der Waals surface area contributed by atoms with Gasteiger partial charge in [-0.2, -0.15) is 13.2 Å². The van der Waals surface area contributed by atoms with E-state index < -0.39 is 12.1 Å². The number of fused-ring (bicyclic) bond motifs is 1. The van der Waals surface area contributed by atoms with Gasteiger partial charge in [0.05, 0.1) is 0 Å². The molecule has 138 valence electrons. The van der Waals surface area contributed by atoms with Crippen molar-refractivity contribution in [1.29, 1.82) is 0 Å². The Balaban J connectivity index is 1.81. The highest BCUT2D eigenvalue weighted by Gasteiger charge is 2.21. The summed E-state index contributed by atoms with van der Waals surface area (Å²) >= 11 is 0. The number of halogens is 3. The third kappa shape index (κ3) is 4.60. The molecule has 27 heavy (non-hydrogen) atoms. The summed E-state index contributed by atoms with van der Waals surface area (Å²) in [6, 6.07) is 11.2. The average molecular weight is 372 g/mol. The minimum Gasteiger partial charge on any atom is -0.384 e. The van der Waals surface area contributed by atoms with Gasteiger partial charge in [-0.25, -0.2) is 9.97 Å². The van der Waals surface area contributed by atoms with Crippen molar-refractivity contribution in [1.82, 2.24) is 9.97 Å². The standard InChI is InChI=1S/C19H15F3N4O/c1-11-10-12(8-9-19(20,21)22)2-5-14(11)18(27)26-16-7-4-13-3-6-15(23)24-17(13)25-16/h2-10H,1H3,(H3,23,24,25,26,27)/b9-8+. The number of pyridine rings is 2. The molecule has 0 bridgehead atoms. The highest BCUT2D eigenvalue weighted by atomic mass is 19.4. The highest BCUT2D eigenvalue weighted by molar-refractivity contribution is 6.05. The lowest BCUT2D eigenvalue weighted by Crippen LogP contribution is -2.14. The maximum atomic E-state index is 12.5. The van der Waals surface area contributed by atoms with Gasteiger partial charge in [-0.05, 0) is 48.4 Å². The Kier molecular flexibility index (Phi) is 4.81. The molecule has 2 heterocycles. The molecule has 0 radical (unpaired) electrons. The van der Waals surface area contributed by atoms with Crippen molar-refractivity contribution in [3.05, 3.63) is 65.2 Å². The van der Waals surface area contributed by atoms with Gasteiger partial charge in [-0.3, -0.25) is 4.79 Å². The van der Waals surface area contributed by atoms with E-state index >= 15 is 0 Å². The van der Waals surface area contributed by atoms with E-state index in [1.165, 1.54) is 18.2 Å². The van der Waals surface area contributed by atoms with E-state index in [-0.39, 0.29) is 6.08 Å². The predicted octanol–water partition coefficient (Wildman–Crippen LogP) is 4.35. The number of nitrogens with zero attached hydrogens (tertiary/aromatic N) is 2. The SMILES string of the molecule is Cc1cc(/C=C/C(F)(F)F)ccc1C(=O)Nc1ccc2ccc(N)nc2n1. The number of allylic oxidation sites excluding steroid dienone is 1. The number of aryl methyl sites for hydroxylation is 1. The maximum Gasteiger partial charge on any atom is 0.409 e. The zero-order chi connectivity index (χ0) is 19.6. The number of carbonyl (C=O) groups is 1. The van der Waals surface area contributed by atoms with Crippen LogP contribution in [-0.4, -0.2) is 22.1 Å². The summed E-state index contributed by atoms with van der Waals surface area (Å²) in [5.74, 6) is 0.192. The summed E-state index contributed by atoms with van der Waals surface area (Å²) in [6.45, 7) is 1.65. The molecule has 5 nitrogen and oxygen atoms in total. The molecule has 0 saturated heterocycles. The summed E-state index contributed by atoms with van der Waals surface area (Å²) < 4.78 is 36.8. The second-order valence-electron chi connectivity index (χ2n) is 5.88. The van der Waals surface area contributed by atoms with E-state index in [1.807, 2.05) is 0 Å². The number of amides is 1. The summed E-state index contributed by atoms with van der Waals surface area (Å²) in [7, 11) is 0. The van der Waals surface area contributed by atoms with Gasteiger partial charge in [0.1, 0.15) is 11.6 Å². The van der Waals surface area contributed by atoms with E-state index in [2.05, 4.69) is 15.3 Å². The van der Waals surface area contributed by atoms with Gasteiger partial charge in [-0.1, -0.05) is 18.2 Å². The van der Waals surface area contributed by atoms with Crippen molar-refractivity contribution in [2.24, 2.45) is 0 Å². The van der Waals surface area contributed by atoms with Crippen molar-refractivity contribution in [3.63, 3.8) is 0 Å². The van der Waals surface area contributed by atoms with Gasteiger partial charge in [0.15, 0.2) is 5.65 Å². The lowest BCUT2D eigenvalue weighted by atomic mass is 10.0. The number of nitrogens with two attached hydrogens (primary N) is 1. The monoisotopic (exact) mass is 372 g/mol. The molecule has 0 aliphatic rings. The number of rotatable bonds is 3. The minimum absolute atomic E-state index is 0.152. The van der Waals surface area contributed by atoms with Gasteiger partial charge in [-0.15, -0.1) is 0 Å². The third-order valence-electron chi connectivity index (χ3n) is 3.78. The Morgan fingerprint density at radius 1 is 1.11 bits per heavy atom. The molecular weight excluding hydrogens is 357 g/mol. The van der Waals surface area contributed by atoms with Crippen LogP contribution in [0.1, 0.15) is 21.5 Å². The summed E-state index contributed by atoms with van der Waals surface area (Å²) in [5, 5.41) is 3.43. The number of hydrogen-bond acceptors (Lipinski definition) is 4. The molecule has 8 heteroatoms. The smallest absolute Gasteiger partial charge is 0.384 e. The number of hydrogen-bond donors (Lipinski definition) is 2. The van der Waals surface area contributed by atoms with Crippen LogP contribution in [0.4, 0.5) is 24.8 Å². The first-order valence-electron chi connectivity index (χ1n) is 7.92. The molecule has 0 fully saturated rings. The van der Waals surface area contributed by atoms with Gasteiger partial charge in [0, 0.05) is 17.0 Å². The van der Waals surface area contributed by atoms with E-state index in [0.29, 0.717) is 34.0 Å². The zero-order valence-electron chi connectivity index (χ0n) is 14.2. The van der Waals surface area contributed by atoms with Gasteiger partial charge in [0.25, 0.3) is 5.91 Å². The molecule has 0 spiro atoms.